The molecule has 0 saturated carbocycles. The van der Waals surface area contributed by atoms with Crippen LogP contribution in [0.1, 0.15) is 43.4 Å². The van der Waals surface area contributed by atoms with E-state index < -0.39 is 0 Å². The molecule has 0 unspecified atom stereocenters. The number of rotatable bonds is 3. The van der Waals surface area contributed by atoms with Crippen molar-refractivity contribution in [2.75, 3.05) is 13.7 Å². The van der Waals surface area contributed by atoms with Gasteiger partial charge in [0.15, 0.2) is 0 Å². The highest BCUT2D eigenvalue weighted by atomic mass is 16.5. The zero-order chi connectivity index (χ0) is 18.2. The first kappa shape index (κ1) is 17.5. The highest BCUT2D eigenvalue weighted by Gasteiger charge is 2.25. The number of ether oxygens (including phenoxy) is 1. The molecule has 0 radical (unpaired) electrons. The molecular weight excluding hydrogens is 318 g/mol. The molecule has 1 aromatic heterocycles. The summed E-state index contributed by atoms with van der Waals surface area (Å²) in [5, 5.41) is 10.1. The van der Waals surface area contributed by atoms with Gasteiger partial charge >= 0.3 is 0 Å². The lowest BCUT2D eigenvalue weighted by atomic mass is 9.95. The Balaban J connectivity index is 1.83. The van der Waals surface area contributed by atoms with Gasteiger partial charge in [0.05, 0.1) is 18.4 Å². The molecular formula is C19H25N3O3. The molecule has 0 spiro atoms. The predicted molar refractivity (Wildman–Crippen MR) is 96.0 cm³/mol. The van der Waals surface area contributed by atoms with E-state index in [0.717, 1.165) is 35.6 Å². The van der Waals surface area contributed by atoms with Gasteiger partial charge < -0.3 is 14.8 Å². The molecule has 1 aliphatic rings. The maximum Gasteiger partial charge on any atom is 0.255 e. The zero-order valence-electron chi connectivity index (χ0n) is 15.2. The van der Waals surface area contributed by atoms with Crippen molar-refractivity contribution >= 4 is 0 Å². The number of nitrogens with zero attached hydrogens (tertiary/aromatic N) is 2. The van der Waals surface area contributed by atoms with Gasteiger partial charge in [-0.1, -0.05) is 20.8 Å². The summed E-state index contributed by atoms with van der Waals surface area (Å²) in [7, 11) is 1.60. The number of H-pyrrole nitrogens is 1. The average molecular weight is 343 g/mol. The first-order valence-electron chi connectivity index (χ1n) is 8.48. The molecule has 0 atom stereocenters. The van der Waals surface area contributed by atoms with Gasteiger partial charge in [-0.25, -0.2) is 4.98 Å². The number of nitrogens with one attached hydrogen (secondary N) is 1. The molecule has 134 valence electrons. The molecule has 1 aromatic carbocycles. The Labute approximate surface area is 147 Å². The van der Waals surface area contributed by atoms with Gasteiger partial charge in [0.2, 0.25) is 0 Å². The number of aromatic nitrogens is 2. The highest BCUT2D eigenvalue weighted by Crippen LogP contribution is 2.26. The number of methoxy groups -OCH3 is 1. The van der Waals surface area contributed by atoms with Crippen LogP contribution in [-0.2, 0) is 24.9 Å². The number of aromatic hydroxyl groups is 1. The van der Waals surface area contributed by atoms with Crippen LogP contribution in [0, 0.1) is 0 Å². The summed E-state index contributed by atoms with van der Waals surface area (Å²) in [6, 6.07) is 5.19. The number of fused-ring (bicyclic) bond motifs is 1. The lowest BCUT2D eigenvalue weighted by Crippen LogP contribution is -2.37. The molecule has 25 heavy (non-hydrogen) atoms. The third-order valence-corrected chi connectivity index (χ3v) is 4.54. The van der Waals surface area contributed by atoms with Crippen LogP contribution in [0.5, 0.6) is 11.5 Å². The summed E-state index contributed by atoms with van der Waals surface area (Å²) in [6.07, 6.45) is 0.729. The Morgan fingerprint density at radius 1 is 1.36 bits per heavy atom. The maximum atomic E-state index is 12.5. The smallest absolute Gasteiger partial charge is 0.255 e. The van der Waals surface area contributed by atoms with Crippen molar-refractivity contribution in [2.45, 2.75) is 45.7 Å². The molecule has 0 fully saturated rings. The second-order valence-corrected chi connectivity index (χ2v) is 7.55. The fraction of sp³-hybridized carbons (Fsp3) is 0.474. The standard InChI is InChI=1S/C19H25N3O3/c1-19(2,3)18-20-15-7-8-22(11-14(15)17(24)21-18)10-12-9-13(25-4)5-6-16(12)23/h5-6,9,23H,7-8,10-11H2,1-4H3,(H,20,21,24). The van der Waals surface area contributed by atoms with E-state index in [1.807, 2.05) is 26.8 Å². The number of phenols is 1. The van der Waals surface area contributed by atoms with Crippen LogP contribution in [0.15, 0.2) is 23.0 Å². The fourth-order valence-electron chi connectivity index (χ4n) is 3.03. The average Bonchev–Trinajstić information content (AvgIpc) is 2.56. The topological polar surface area (TPSA) is 78.5 Å². The lowest BCUT2D eigenvalue weighted by Gasteiger charge is -2.29. The third kappa shape index (κ3) is 3.69. The second-order valence-electron chi connectivity index (χ2n) is 7.55. The van der Waals surface area contributed by atoms with Crippen LogP contribution in [0.3, 0.4) is 0 Å². The summed E-state index contributed by atoms with van der Waals surface area (Å²) in [6.45, 7) is 8.00. The molecule has 2 N–H and O–H groups in total. The number of hydrogen-bond acceptors (Lipinski definition) is 5. The van der Waals surface area contributed by atoms with E-state index in [1.165, 1.54) is 0 Å². The van der Waals surface area contributed by atoms with Crippen molar-refractivity contribution in [1.82, 2.24) is 14.9 Å². The third-order valence-electron chi connectivity index (χ3n) is 4.54. The Morgan fingerprint density at radius 2 is 2.12 bits per heavy atom. The number of aromatic amines is 1. The van der Waals surface area contributed by atoms with E-state index >= 15 is 0 Å². The maximum absolute atomic E-state index is 12.5. The van der Waals surface area contributed by atoms with Crippen molar-refractivity contribution in [3.05, 3.63) is 51.2 Å². The SMILES string of the molecule is COc1ccc(O)c(CN2CCc3nc(C(C)(C)C)[nH]c(=O)c3C2)c1. The Bertz CT molecular complexity index is 837. The van der Waals surface area contributed by atoms with Crippen molar-refractivity contribution in [3.63, 3.8) is 0 Å². The van der Waals surface area contributed by atoms with E-state index in [0.29, 0.717) is 18.8 Å². The summed E-state index contributed by atoms with van der Waals surface area (Å²) in [5.74, 6) is 1.68. The second kappa shape index (κ2) is 6.52. The molecule has 6 heteroatoms. The monoisotopic (exact) mass is 343 g/mol. The number of phenolic OH excluding ortho intramolecular Hbond substituents is 1. The minimum absolute atomic E-state index is 0.0607. The summed E-state index contributed by atoms with van der Waals surface area (Å²) < 4.78 is 5.22. The molecule has 0 aliphatic carbocycles. The quantitative estimate of drug-likeness (QED) is 0.894. The first-order valence-corrected chi connectivity index (χ1v) is 8.48. The van der Waals surface area contributed by atoms with Gasteiger partial charge in [0.25, 0.3) is 5.56 Å². The molecule has 0 bridgehead atoms. The van der Waals surface area contributed by atoms with E-state index in [-0.39, 0.29) is 16.7 Å². The van der Waals surface area contributed by atoms with E-state index in [9.17, 15) is 9.90 Å². The fourth-order valence-corrected chi connectivity index (χ4v) is 3.03. The van der Waals surface area contributed by atoms with Gasteiger partial charge in [0.1, 0.15) is 17.3 Å². The van der Waals surface area contributed by atoms with Crippen LogP contribution >= 0.6 is 0 Å². The number of hydrogen-bond donors (Lipinski definition) is 2. The molecule has 0 saturated heterocycles. The van der Waals surface area contributed by atoms with Crippen LogP contribution in [0.25, 0.3) is 0 Å². The van der Waals surface area contributed by atoms with E-state index in [4.69, 9.17) is 4.74 Å². The van der Waals surface area contributed by atoms with Gasteiger partial charge in [-0.05, 0) is 18.2 Å². The Hall–Kier alpha value is -2.34. The van der Waals surface area contributed by atoms with Crippen LogP contribution in [0.4, 0.5) is 0 Å². The summed E-state index contributed by atoms with van der Waals surface area (Å²) >= 11 is 0. The van der Waals surface area contributed by atoms with Gasteiger partial charge in [-0.3, -0.25) is 9.69 Å². The van der Waals surface area contributed by atoms with Gasteiger partial charge in [0, 0.05) is 37.0 Å². The van der Waals surface area contributed by atoms with E-state index in [1.54, 1.807) is 19.2 Å². The molecule has 2 heterocycles. The minimum atomic E-state index is -0.183. The Morgan fingerprint density at radius 3 is 2.80 bits per heavy atom. The minimum Gasteiger partial charge on any atom is -0.508 e. The molecule has 2 aromatic rings. The zero-order valence-corrected chi connectivity index (χ0v) is 15.2. The van der Waals surface area contributed by atoms with Crippen LogP contribution < -0.4 is 10.3 Å². The van der Waals surface area contributed by atoms with Crippen molar-refractivity contribution in [1.29, 1.82) is 0 Å². The normalized spacial score (nSPS) is 15.0. The lowest BCUT2D eigenvalue weighted by molar-refractivity contribution is 0.237. The highest BCUT2D eigenvalue weighted by molar-refractivity contribution is 5.39. The molecule has 6 nitrogen and oxygen atoms in total. The first-order chi connectivity index (χ1) is 11.8. The molecule has 0 amide bonds. The van der Waals surface area contributed by atoms with Gasteiger partial charge in [-0.2, -0.15) is 0 Å². The van der Waals surface area contributed by atoms with Crippen molar-refractivity contribution < 1.29 is 9.84 Å². The van der Waals surface area contributed by atoms with Crippen molar-refractivity contribution in [2.24, 2.45) is 0 Å². The van der Waals surface area contributed by atoms with Gasteiger partial charge in [-0.15, -0.1) is 0 Å². The Kier molecular flexibility index (Phi) is 4.56. The molecule has 3 rings (SSSR count). The van der Waals surface area contributed by atoms with Crippen LogP contribution in [0.2, 0.25) is 0 Å². The summed E-state index contributed by atoms with van der Waals surface area (Å²) in [5.41, 5.74) is 2.16. The molecule has 1 aliphatic heterocycles. The largest absolute Gasteiger partial charge is 0.508 e. The van der Waals surface area contributed by atoms with Crippen molar-refractivity contribution in [3.8, 4) is 11.5 Å². The van der Waals surface area contributed by atoms with E-state index in [2.05, 4.69) is 14.9 Å². The summed E-state index contributed by atoms with van der Waals surface area (Å²) in [4.78, 5) is 22.3. The van der Waals surface area contributed by atoms with Crippen LogP contribution in [-0.4, -0.2) is 33.6 Å². The number of benzene rings is 1. The predicted octanol–water partition coefficient (Wildman–Crippen LogP) is 2.34.